The van der Waals surface area contributed by atoms with E-state index < -0.39 is 11.6 Å². The summed E-state index contributed by atoms with van der Waals surface area (Å²) in [5.74, 6) is -1.64. The average Bonchev–Trinajstić information content (AvgIpc) is 2.77. The number of carbonyl (C=O) groups is 1. The monoisotopic (exact) mass is 277 g/mol. The third-order valence-electron chi connectivity index (χ3n) is 2.86. The van der Waals surface area contributed by atoms with Gasteiger partial charge in [-0.15, -0.1) is 0 Å². The zero-order valence-corrected chi connectivity index (χ0v) is 11.3. The predicted molar refractivity (Wildman–Crippen MR) is 72.0 cm³/mol. The van der Waals surface area contributed by atoms with Crippen LogP contribution in [0.15, 0.2) is 24.3 Å². The number of rotatable bonds is 4. The summed E-state index contributed by atoms with van der Waals surface area (Å²) in [6, 6.07) is 5.28. The molecule has 0 saturated heterocycles. The lowest BCUT2D eigenvalue weighted by Crippen LogP contribution is -2.34. The molecule has 20 heavy (non-hydrogen) atoms. The lowest BCUT2D eigenvalue weighted by molar-refractivity contribution is 0.0939. The minimum atomic E-state index is -0.749. The van der Waals surface area contributed by atoms with Crippen molar-refractivity contribution in [3.8, 4) is 5.75 Å². The Morgan fingerprint density at radius 1 is 1.50 bits per heavy atom. The van der Waals surface area contributed by atoms with Gasteiger partial charge in [0.1, 0.15) is 0 Å². The molecule has 1 aromatic carbocycles. The van der Waals surface area contributed by atoms with E-state index in [-0.39, 0.29) is 17.5 Å². The lowest BCUT2D eigenvalue weighted by atomic mass is 10.1. The largest absolute Gasteiger partial charge is 0.505 e. The van der Waals surface area contributed by atoms with Gasteiger partial charge in [-0.1, -0.05) is 0 Å². The maximum atomic E-state index is 12.9. The van der Waals surface area contributed by atoms with Gasteiger partial charge < -0.3 is 10.4 Å². The molecule has 1 unspecified atom stereocenters. The van der Waals surface area contributed by atoms with Crippen molar-refractivity contribution in [2.45, 2.75) is 26.3 Å². The van der Waals surface area contributed by atoms with Crippen molar-refractivity contribution in [2.75, 3.05) is 0 Å². The fraction of sp³-hybridized carbons (Fsp3) is 0.286. The second-order valence-electron chi connectivity index (χ2n) is 4.79. The molecular formula is C14H16FN3O2. The van der Waals surface area contributed by atoms with Crippen LogP contribution >= 0.6 is 0 Å². The predicted octanol–water partition coefficient (Wildman–Crippen LogP) is 1.92. The van der Waals surface area contributed by atoms with E-state index >= 15 is 0 Å². The van der Waals surface area contributed by atoms with Crippen molar-refractivity contribution >= 4 is 5.91 Å². The first kappa shape index (κ1) is 14.0. The van der Waals surface area contributed by atoms with Gasteiger partial charge in [0, 0.05) is 23.7 Å². The summed E-state index contributed by atoms with van der Waals surface area (Å²) in [4.78, 5) is 11.9. The van der Waals surface area contributed by atoms with Gasteiger partial charge in [-0.05, 0) is 38.1 Å². The van der Waals surface area contributed by atoms with Crippen LogP contribution in [0, 0.1) is 12.7 Å². The fourth-order valence-corrected chi connectivity index (χ4v) is 1.90. The van der Waals surface area contributed by atoms with E-state index in [9.17, 15) is 14.3 Å². The van der Waals surface area contributed by atoms with Crippen LogP contribution in [0.25, 0.3) is 0 Å². The van der Waals surface area contributed by atoms with Crippen molar-refractivity contribution < 1.29 is 14.3 Å². The molecule has 0 radical (unpaired) electrons. The zero-order chi connectivity index (χ0) is 14.7. The van der Waals surface area contributed by atoms with E-state index in [0.29, 0.717) is 6.42 Å². The SMILES string of the molecule is Cc1cc(CC(C)NC(=O)c2ccc(F)c(O)c2)n[nH]1. The Hall–Kier alpha value is -2.37. The average molecular weight is 277 g/mol. The molecule has 106 valence electrons. The topological polar surface area (TPSA) is 78.0 Å². The number of aryl methyl sites for hydroxylation is 1. The highest BCUT2D eigenvalue weighted by molar-refractivity contribution is 5.94. The number of aromatic amines is 1. The van der Waals surface area contributed by atoms with Gasteiger partial charge in [-0.2, -0.15) is 5.10 Å². The molecule has 1 atom stereocenters. The number of H-pyrrole nitrogens is 1. The lowest BCUT2D eigenvalue weighted by Gasteiger charge is -2.12. The van der Waals surface area contributed by atoms with Crippen molar-refractivity contribution in [3.63, 3.8) is 0 Å². The number of benzene rings is 1. The highest BCUT2D eigenvalue weighted by Gasteiger charge is 2.13. The normalized spacial score (nSPS) is 12.2. The van der Waals surface area contributed by atoms with Crippen LogP contribution in [-0.2, 0) is 6.42 Å². The van der Waals surface area contributed by atoms with Crippen LogP contribution in [0.3, 0.4) is 0 Å². The number of halogens is 1. The van der Waals surface area contributed by atoms with Gasteiger partial charge in [-0.3, -0.25) is 9.89 Å². The number of phenolic OH excluding ortho intramolecular Hbond substituents is 1. The zero-order valence-electron chi connectivity index (χ0n) is 11.3. The molecule has 5 nitrogen and oxygen atoms in total. The minimum Gasteiger partial charge on any atom is -0.505 e. The molecule has 0 aliphatic carbocycles. The smallest absolute Gasteiger partial charge is 0.251 e. The molecule has 0 spiro atoms. The molecule has 1 amide bonds. The molecule has 2 rings (SSSR count). The van der Waals surface area contributed by atoms with Crippen molar-refractivity contribution in [1.29, 1.82) is 0 Å². The van der Waals surface area contributed by atoms with E-state index in [4.69, 9.17) is 0 Å². The van der Waals surface area contributed by atoms with Crippen LogP contribution in [0.4, 0.5) is 4.39 Å². The highest BCUT2D eigenvalue weighted by Crippen LogP contribution is 2.16. The Balaban J connectivity index is 1.98. The van der Waals surface area contributed by atoms with E-state index in [1.54, 1.807) is 0 Å². The second kappa shape index (κ2) is 5.73. The summed E-state index contributed by atoms with van der Waals surface area (Å²) in [7, 11) is 0. The van der Waals surface area contributed by atoms with E-state index in [1.807, 2.05) is 19.9 Å². The van der Waals surface area contributed by atoms with Gasteiger partial charge in [0.25, 0.3) is 5.91 Å². The summed E-state index contributed by atoms with van der Waals surface area (Å²) in [6.07, 6.45) is 0.587. The number of nitrogens with zero attached hydrogens (tertiary/aromatic N) is 1. The van der Waals surface area contributed by atoms with E-state index in [1.165, 1.54) is 6.07 Å². The fourth-order valence-electron chi connectivity index (χ4n) is 1.90. The van der Waals surface area contributed by atoms with Crippen molar-refractivity contribution in [2.24, 2.45) is 0 Å². The molecule has 2 aromatic rings. The van der Waals surface area contributed by atoms with Gasteiger partial charge >= 0.3 is 0 Å². The second-order valence-corrected chi connectivity index (χ2v) is 4.79. The number of carbonyl (C=O) groups excluding carboxylic acids is 1. The number of hydrogen-bond donors (Lipinski definition) is 3. The molecule has 0 aliphatic heterocycles. The van der Waals surface area contributed by atoms with Gasteiger partial charge in [0.05, 0.1) is 5.69 Å². The molecule has 0 fully saturated rings. The Morgan fingerprint density at radius 3 is 2.85 bits per heavy atom. The molecule has 0 bridgehead atoms. The maximum Gasteiger partial charge on any atom is 0.251 e. The van der Waals surface area contributed by atoms with E-state index in [0.717, 1.165) is 23.5 Å². The number of nitrogens with one attached hydrogen (secondary N) is 2. The number of hydrogen-bond acceptors (Lipinski definition) is 3. The Bertz CT molecular complexity index is 625. The summed E-state index contributed by atoms with van der Waals surface area (Å²) in [5, 5.41) is 19.0. The standard InChI is InChI=1S/C14H16FN3O2/c1-8(5-11-6-9(2)17-18-11)16-14(20)10-3-4-12(15)13(19)7-10/h3-4,6-8,19H,5H2,1-2H3,(H,16,20)(H,17,18). The van der Waals surface area contributed by atoms with Gasteiger partial charge in [-0.25, -0.2) is 4.39 Å². The molecular weight excluding hydrogens is 261 g/mol. The first-order chi connectivity index (χ1) is 9.45. The maximum absolute atomic E-state index is 12.9. The van der Waals surface area contributed by atoms with Crippen molar-refractivity contribution in [3.05, 3.63) is 47.0 Å². The number of aromatic nitrogens is 2. The summed E-state index contributed by atoms with van der Waals surface area (Å²) in [5.41, 5.74) is 2.04. The number of aromatic hydroxyl groups is 1. The summed E-state index contributed by atoms with van der Waals surface area (Å²) >= 11 is 0. The Morgan fingerprint density at radius 2 is 2.25 bits per heavy atom. The molecule has 1 heterocycles. The number of amides is 1. The molecule has 6 heteroatoms. The first-order valence-electron chi connectivity index (χ1n) is 6.26. The molecule has 1 aromatic heterocycles. The van der Waals surface area contributed by atoms with Crippen LogP contribution in [0.2, 0.25) is 0 Å². The highest BCUT2D eigenvalue weighted by atomic mass is 19.1. The van der Waals surface area contributed by atoms with Gasteiger partial charge in [0.15, 0.2) is 11.6 Å². The van der Waals surface area contributed by atoms with Crippen LogP contribution in [0.1, 0.15) is 28.7 Å². The first-order valence-corrected chi connectivity index (χ1v) is 6.26. The molecule has 0 saturated carbocycles. The van der Waals surface area contributed by atoms with E-state index in [2.05, 4.69) is 15.5 Å². The van der Waals surface area contributed by atoms with Crippen LogP contribution < -0.4 is 5.32 Å². The third kappa shape index (κ3) is 3.34. The minimum absolute atomic E-state index is 0.127. The summed E-state index contributed by atoms with van der Waals surface area (Å²) < 4.78 is 12.9. The quantitative estimate of drug-likeness (QED) is 0.799. The van der Waals surface area contributed by atoms with Crippen molar-refractivity contribution in [1.82, 2.24) is 15.5 Å². The summed E-state index contributed by atoms with van der Waals surface area (Å²) in [6.45, 7) is 3.76. The van der Waals surface area contributed by atoms with Gasteiger partial charge in [0.2, 0.25) is 0 Å². The number of phenols is 1. The third-order valence-corrected chi connectivity index (χ3v) is 2.86. The molecule has 3 N–H and O–H groups in total. The molecule has 0 aliphatic rings. The Labute approximate surface area is 115 Å². The van der Waals surface area contributed by atoms with Crippen LogP contribution in [0.5, 0.6) is 5.75 Å². The van der Waals surface area contributed by atoms with Crippen LogP contribution in [-0.4, -0.2) is 27.3 Å². The Kier molecular flexibility index (Phi) is 4.02.